The number of hydrogen-bond acceptors (Lipinski definition) is 5. The molecule has 0 radical (unpaired) electrons. The number of nitrogens with one attached hydrogen (secondary N) is 1. The third-order valence-corrected chi connectivity index (χ3v) is 2.17. The summed E-state index contributed by atoms with van der Waals surface area (Å²) in [6.07, 6.45) is 3.57. The molecule has 0 aliphatic carbocycles. The van der Waals surface area contributed by atoms with Gasteiger partial charge in [0.2, 0.25) is 5.65 Å². The Hall–Kier alpha value is -2.11. The van der Waals surface area contributed by atoms with Gasteiger partial charge in [-0.2, -0.15) is 4.68 Å². The maximum absolute atomic E-state index is 4.14. The first-order valence-electron chi connectivity index (χ1n) is 4.95. The molecule has 6 nitrogen and oxygen atoms in total. The van der Waals surface area contributed by atoms with Crippen molar-refractivity contribution >= 4 is 17.0 Å². The highest BCUT2D eigenvalue weighted by Gasteiger charge is 2.10. The van der Waals surface area contributed by atoms with E-state index in [1.54, 1.807) is 10.9 Å². The van der Waals surface area contributed by atoms with Crippen molar-refractivity contribution in [1.29, 1.82) is 0 Å². The van der Waals surface area contributed by atoms with E-state index in [0.717, 1.165) is 11.3 Å². The highest BCUT2D eigenvalue weighted by Crippen LogP contribution is 2.13. The molecule has 16 heavy (non-hydrogen) atoms. The number of aromatic nitrogens is 4. The minimum absolute atomic E-state index is 0.645. The van der Waals surface area contributed by atoms with Crippen LogP contribution in [0.25, 0.3) is 17.0 Å². The first-order chi connectivity index (χ1) is 7.74. The zero-order valence-corrected chi connectivity index (χ0v) is 9.55. The van der Waals surface area contributed by atoms with Gasteiger partial charge in [0.1, 0.15) is 11.3 Å². The van der Waals surface area contributed by atoms with E-state index in [-0.39, 0.29) is 0 Å². The molecule has 0 fully saturated rings. The van der Waals surface area contributed by atoms with Crippen LogP contribution in [0.5, 0.6) is 0 Å². The molecule has 84 valence electrons. The van der Waals surface area contributed by atoms with Crippen molar-refractivity contribution in [3.63, 3.8) is 0 Å². The second-order valence-corrected chi connectivity index (χ2v) is 3.53. The van der Waals surface area contributed by atoms with Crippen molar-refractivity contribution in [1.82, 2.24) is 30.2 Å². The van der Waals surface area contributed by atoms with E-state index >= 15 is 0 Å². The molecule has 0 saturated heterocycles. The van der Waals surface area contributed by atoms with Gasteiger partial charge in [0.15, 0.2) is 0 Å². The van der Waals surface area contributed by atoms with Crippen LogP contribution in [-0.4, -0.2) is 46.0 Å². The topological polar surface area (TPSA) is 58.9 Å². The summed E-state index contributed by atoms with van der Waals surface area (Å²) in [4.78, 5) is 6.10. The van der Waals surface area contributed by atoms with Crippen molar-refractivity contribution in [2.75, 3.05) is 21.1 Å². The van der Waals surface area contributed by atoms with E-state index in [9.17, 15) is 0 Å². The molecule has 0 unspecified atom stereocenters. The maximum atomic E-state index is 4.14. The monoisotopic (exact) mass is 218 g/mol. The summed E-state index contributed by atoms with van der Waals surface area (Å²) < 4.78 is 1.75. The Morgan fingerprint density at radius 2 is 2.31 bits per heavy atom. The Morgan fingerprint density at radius 1 is 1.50 bits per heavy atom. The van der Waals surface area contributed by atoms with Crippen LogP contribution in [0.1, 0.15) is 0 Å². The van der Waals surface area contributed by atoms with Crippen LogP contribution in [0.3, 0.4) is 0 Å². The predicted molar refractivity (Wildman–Crippen MR) is 62.3 cm³/mol. The summed E-state index contributed by atoms with van der Waals surface area (Å²) in [6, 6.07) is 3.81. The molecule has 2 aromatic rings. The molecule has 2 heterocycles. The van der Waals surface area contributed by atoms with Gasteiger partial charge in [-0.05, 0) is 12.1 Å². The molecular formula is C10H14N6. The van der Waals surface area contributed by atoms with E-state index in [1.165, 1.54) is 0 Å². The maximum Gasteiger partial charge on any atom is 0.202 e. The molecule has 0 aliphatic rings. The third-order valence-electron chi connectivity index (χ3n) is 2.17. The second-order valence-electron chi connectivity index (χ2n) is 3.53. The van der Waals surface area contributed by atoms with Crippen molar-refractivity contribution in [2.24, 2.45) is 0 Å². The highest BCUT2D eigenvalue weighted by molar-refractivity contribution is 5.73. The molecule has 2 rings (SSSR count). The summed E-state index contributed by atoms with van der Waals surface area (Å²) in [5.41, 5.74) is 1.53. The molecule has 0 aliphatic heterocycles. The standard InChI is InChI=1S/C10H14N6/c1-11-7-9(15(2)3)16-8-5-4-6-12-10(8)13-14-16/h4-7,11H,1-3H3. The van der Waals surface area contributed by atoms with Crippen molar-refractivity contribution < 1.29 is 0 Å². The molecule has 0 aromatic carbocycles. The average Bonchev–Trinajstić information content (AvgIpc) is 2.69. The van der Waals surface area contributed by atoms with Gasteiger partial charge in [-0.25, -0.2) is 4.98 Å². The van der Waals surface area contributed by atoms with Gasteiger partial charge in [-0.3, -0.25) is 0 Å². The molecule has 1 N–H and O–H groups in total. The fourth-order valence-corrected chi connectivity index (χ4v) is 1.44. The second kappa shape index (κ2) is 4.18. The van der Waals surface area contributed by atoms with Gasteiger partial charge >= 0.3 is 0 Å². The minimum Gasteiger partial charge on any atom is -0.391 e. The normalized spacial score (nSPS) is 11.8. The van der Waals surface area contributed by atoms with Crippen LogP contribution in [0.4, 0.5) is 0 Å². The number of nitrogens with zero attached hydrogens (tertiary/aromatic N) is 5. The van der Waals surface area contributed by atoms with E-state index in [4.69, 9.17) is 0 Å². The SMILES string of the molecule is CNC=C(N(C)C)n1nnc2ncccc21. The Morgan fingerprint density at radius 3 is 3.00 bits per heavy atom. The lowest BCUT2D eigenvalue weighted by Gasteiger charge is -2.16. The van der Waals surface area contributed by atoms with E-state index in [1.807, 2.05) is 44.4 Å². The number of hydrogen-bond donors (Lipinski definition) is 1. The Labute approximate surface area is 93.6 Å². The quantitative estimate of drug-likeness (QED) is 0.806. The molecule has 0 amide bonds. The van der Waals surface area contributed by atoms with Crippen LogP contribution >= 0.6 is 0 Å². The minimum atomic E-state index is 0.645. The lowest BCUT2D eigenvalue weighted by atomic mass is 10.4. The molecule has 6 heteroatoms. The summed E-state index contributed by atoms with van der Waals surface area (Å²) in [7, 11) is 5.75. The lowest BCUT2D eigenvalue weighted by Crippen LogP contribution is -2.19. The van der Waals surface area contributed by atoms with Gasteiger partial charge in [-0.15, -0.1) is 5.10 Å². The van der Waals surface area contributed by atoms with Crippen molar-refractivity contribution in [2.45, 2.75) is 0 Å². The van der Waals surface area contributed by atoms with E-state index in [2.05, 4.69) is 20.6 Å². The molecule has 0 spiro atoms. The van der Waals surface area contributed by atoms with Gasteiger partial charge in [0.25, 0.3) is 0 Å². The summed E-state index contributed by atoms with van der Waals surface area (Å²) in [6.45, 7) is 0. The summed E-state index contributed by atoms with van der Waals surface area (Å²) in [5.74, 6) is 0.901. The molecule has 0 saturated carbocycles. The number of fused-ring (bicyclic) bond motifs is 1. The van der Waals surface area contributed by atoms with Gasteiger partial charge in [0, 0.05) is 33.5 Å². The Bertz CT molecular complexity index is 513. The fraction of sp³-hybridized carbons (Fsp3) is 0.300. The number of rotatable bonds is 3. The molecule has 2 aromatic heterocycles. The highest BCUT2D eigenvalue weighted by atomic mass is 15.5. The van der Waals surface area contributed by atoms with Crippen LogP contribution in [0.15, 0.2) is 24.5 Å². The molecule has 0 bridgehead atoms. The third kappa shape index (κ3) is 1.69. The van der Waals surface area contributed by atoms with Crippen molar-refractivity contribution in [3.8, 4) is 0 Å². The van der Waals surface area contributed by atoms with Gasteiger partial charge in [0.05, 0.1) is 0 Å². The van der Waals surface area contributed by atoms with Crippen LogP contribution in [0.2, 0.25) is 0 Å². The summed E-state index contributed by atoms with van der Waals surface area (Å²) in [5, 5.41) is 11.1. The average molecular weight is 218 g/mol. The molecule has 0 atom stereocenters. The van der Waals surface area contributed by atoms with E-state index < -0.39 is 0 Å². The summed E-state index contributed by atoms with van der Waals surface area (Å²) >= 11 is 0. The van der Waals surface area contributed by atoms with Gasteiger partial charge < -0.3 is 10.2 Å². The van der Waals surface area contributed by atoms with Crippen LogP contribution < -0.4 is 5.32 Å². The largest absolute Gasteiger partial charge is 0.391 e. The predicted octanol–water partition coefficient (Wildman–Crippen LogP) is 0.363. The Kier molecular flexibility index (Phi) is 2.72. The van der Waals surface area contributed by atoms with Crippen LogP contribution in [-0.2, 0) is 0 Å². The zero-order valence-electron chi connectivity index (χ0n) is 9.55. The lowest BCUT2D eigenvalue weighted by molar-refractivity contribution is 0.536. The first kappa shape index (κ1) is 10.4. The number of pyridine rings is 1. The zero-order chi connectivity index (χ0) is 11.5. The van der Waals surface area contributed by atoms with Crippen molar-refractivity contribution in [3.05, 3.63) is 24.5 Å². The van der Waals surface area contributed by atoms with Crippen LogP contribution in [0, 0.1) is 0 Å². The molecular weight excluding hydrogens is 204 g/mol. The Balaban J connectivity index is 2.57. The smallest absolute Gasteiger partial charge is 0.202 e. The van der Waals surface area contributed by atoms with Gasteiger partial charge in [-0.1, -0.05) is 5.21 Å². The van der Waals surface area contributed by atoms with E-state index in [0.29, 0.717) is 5.65 Å². The fourth-order valence-electron chi connectivity index (χ4n) is 1.44. The first-order valence-corrected chi connectivity index (χ1v) is 4.95.